The highest BCUT2D eigenvalue weighted by molar-refractivity contribution is 5.80. The molecule has 0 fully saturated rings. The first-order chi connectivity index (χ1) is 10.1. The molecule has 21 heavy (non-hydrogen) atoms. The van der Waals surface area contributed by atoms with E-state index in [9.17, 15) is 4.79 Å². The lowest BCUT2D eigenvalue weighted by molar-refractivity contribution is -0.131. The average molecular weight is 289 g/mol. The number of allylic oxidation sites excluding steroid dienone is 6. The van der Waals surface area contributed by atoms with Crippen molar-refractivity contribution in [2.75, 3.05) is 13.1 Å². The van der Waals surface area contributed by atoms with Gasteiger partial charge < -0.3 is 10.0 Å². The second kappa shape index (κ2) is 9.22. The second-order valence-corrected chi connectivity index (χ2v) is 5.46. The minimum atomic E-state index is -0.904. The molecule has 0 radical (unpaired) electrons. The zero-order chi connectivity index (χ0) is 15.7. The van der Waals surface area contributed by atoms with Gasteiger partial charge in [-0.05, 0) is 38.2 Å². The lowest BCUT2D eigenvalue weighted by Crippen LogP contribution is -2.25. The molecule has 0 saturated carbocycles. The molecule has 3 nitrogen and oxygen atoms in total. The Hall–Kier alpha value is -1.77. The molecule has 0 aromatic rings. The first-order valence-corrected chi connectivity index (χ1v) is 7.79. The summed E-state index contributed by atoms with van der Waals surface area (Å²) < 4.78 is 0. The van der Waals surface area contributed by atoms with Crippen LogP contribution in [0.5, 0.6) is 0 Å². The SMILES string of the molecule is CCCN(CCC)C1=CCC(/C=C(C)/C=C/C(=O)O)C=C1. The van der Waals surface area contributed by atoms with E-state index in [4.69, 9.17) is 5.11 Å². The fraction of sp³-hybridized carbons (Fsp3) is 0.500. The molecule has 0 aromatic carbocycles. The fourth-order valence-corrected chi connectivity index (χ4v) is 2.49. The van der Waals surface area contributed by atoms with E-state index in [1.807, 2.05) is 6.92 Å². The Bertz CT molecular complexity index is 452. The van der Waals surface area contributed by atoms with Crippen molar-refractivity contribution in [3.05, 3.63) is 47.7 Å². The van der Waals surface area contributed by atoms with Gasteiger partial charge in [-0.25, -0.2) is 4.79 Å². The minimum absolute atomic E-state index is 0.359. The summed E-state index contributed by atoms with van der Waals surface area (Å²) in [7, 11) is 0. The number of hydrogen-bond donors (Lipinski definition) is 1. The van der Waals surface area contributed by atoms with E-state index in [-0.39, 0.29) is 0 Å². The predicted molar refractivity (Wildman–Crippen MR) is 88.0 cm³/mol. The molecule has 1 unspecified atom stereocenters. The van der Waals surface area contributed by atoms with Gasteiger partial charge in [0, 0.05) is 24.9 Å². The molecule has 1 rings (SSSR count). The summed E-state index contributed by atoms with van der Waals surface area (Å²) in [4.78, 5) is 12.9. The third-order valence-electron chi connectivity index (χ3n) is 3.43. The van der Waals surface area contributed by atoms with Crippen molar-refractivity contribution in [2.24, 2.45) is 5.92 Å². The largest absolute Gasteiger partial charge is 0.478 e. The first kappa shape index (κ1) is 17.3. The van der Waals surface area contributed by atoms with Crippen molar-refractivity contribution in [1.82, 2.24) is 4.90 Å². The zero-order valence-corrected chi connectivity index (χ0v) is 13.4. The van der Waals surface area contributed by atoms with Gasteiger partial charge in [0.2, 0.25) is 0 Å². The molecule has 3 heteroatoms. The molecule has 1 atom stereocenters. The summed E-state index contributed by atoms with van der Waals surface area (Å²) in [5, 5.41) is 8.62. The number of carbonyl (C=O) groups is 1. The lowest BCUT2D eigenvalue weighted by Gasteiger charge is -2.27. The molecule has 0 bridgehead atoms. The Balaban J connectivity index is 2.63. The molecule has 0 aromatic heterocycles. The molecule has 116 valence electrons. The van der Waals surface area contributed by atoms with Crippen LogP contribution in [-0.4, -0.2) is 29.1 Å². The van der Waals surface area contributed by atoms with E-state index in [1.54, 1.807) is 6.08 Å². The molecule has 0 aliphatic heterocycles. The summed E-state index contributed by atoms with van der Waals surface area (Å²) in [6.45, 7) is 8.56. The van der Waals surface area contributed by atoms with E-state index >= 15 is 0 Å². The molecule has 0 saturated heterocycles. The van der Waals surface area contributed by atoms with Gasteiger partial charge in [0.1, 0.15) is 0 Å². The monoisotopic (exact) mass is 289 g/mol. The zero-order valence-electron chi connectivity index (χ0n) is 13.4. The molecule has 0 heterocycles. The molecule has 1 aliphatic carbocycles. The van der Waals surface area contributed by atoms with E-state index in [2.05, 4.69) is 43.1 Å². The number of hydrogen-bond acceptors (Lipinski definition) is 2. The van der Waals surface area contributed by atoms with Crippen molar-refractivity contribution < 1.29 is 9.90 Å². The maximum absolute atomic E-state index is 10.5. The smallest absolute Gasteiger partial charge is 0.328 e. The minimum Gasteiger partial charge on any atom is -0.478 e. The van der Waals surface area contributed by atoms with E-state index in [0.29, 0.717) is 5.92 Å². The quantitative estimate of drug-likeness (QED) is 0.539. The van der Waals surface area contributed by atoms with Crippen LogP contribution in [0, 0.1) is 5.92 Å². The highest BCUT2D eigenvalue weighted by Crippen LogP contribution is 2.22. The third kappa shape index (κ3) is 6.48. The number of rotatable bonds is 8. The van der Waals surface area contributed by atoms with E-state index < -0.39 is 5.97 Å². The number of aliphatic carboxylic acids is 1. The van der Waals surface area contributed by atoms with Crippen molar-refractivity contribution in [2.45, 2.75) is 40.0 Å². The molecule has 0 spiro atoms. The molecule has 1 N–H and O–H groups in total. The lowest BCUT2D eigenvalue weighted by atomic mass is 9.96. The van der Waals surface area contributed by atoms with Gasteiger partial charge in [-0.15, -0.1) is 0 Å². The van der Waals surface area contributed by atoms with Crippen molar-refractivity contribution in [3.63, 3.8) is 0 Å². The van der Waals surface area contributed by atoms with Gasteiger partial charge in [-0.2, -0.15) is 0 Å². The van der Waals surface area contributed by atoms with E-state index in [1.165, 1.54) is 11.8 Å². The van der Waals surface area contributed by atoms with Crippen LogP contribution in [0.25, 0.3) is 0 Å². The highest BCUT2D eigenvalue weighted by Gasteiger charge is 2.11. The Morgan fingerprint density at radius 2 is 2.00 bits per heavy atom. The van der Waals surface area contributed by atoms with E-state index in [0.717, 1.165) is 37.9 Å². The van der Waals surface area contributed by atoms with Crippen LogP contribution in [0.15, 0.2) is 47.7 Å². The van der Waals surface area contributed by atoms with Gasteiger partial charge in [-0.1, -0.05) is 43.7 Å². The maximum Gasteiger partial charge on any atom is 0.328 e. The summed E-state index contributed by atoms with van der Waals surface area (Å²) in [6.07, 6.45) is 15.0. The summed E-state index contributed by atoms with van der Waals surface area (Å²) in [5.41, 5.74) is 2.31. The molecule has 1 aliphatic rings. The van der Waals surface area contributed by atoms with Gasteiger partial charge in [0.15, 0.2) is 0 Å². The van der Waals surface area contributed by atoms with Crippen LogP contribution in [0.1, 0.15) is 40.0 Å². The van der Waals surface area contributed by atoms with Crippen LogP contribution in [0.3, 0.4) is 0 Å². The van der Waals surface area contributed by atoms with Gasteiger partial charge >= 0.3 is 5.97 Å². The average Bonchev–Trinajstić information content (AvgIpc) is 2.46. The topological polar surface area (TPSA) is 40.5 Å². The van der Waals surface area contributed by atoms with Crippen molar-refractivity contribution >= 4 is 5.97 Å². The Morgan fingerprint density at radius 3 is 2.48 bits per heavy atom. The molecule has 0 amide bonds. The van der Waals surface area contributed by atoms with Crippen LogP contribution in [0.4, 0.5) is 0 Å². The molecular formula is C18H27NO2. The maximum atomic E-state index is 10.5. The fourth-order valence-electron chi connectivity index (χ4n) is 2.49. The second-order valence-electron chi connectivity index (χ2n) is 5.46. The number of carboxylic acids is 1. The van der Waals surface area contributed by atoms with Crippen LogP contribution >= 0.6 is 0 Å². The van der Waals surface area contributed by atoms with Crippen molar-refractivity contribution in [3.8, 4) is 0 Å². The third-order valence-corrected chi connectivity index (χ3v) is 3.43. The van der Waals surface area contributed by atoms with Crippen LogP contribution in [-0.2, 0) is 4.79 Å². The Morgan fingerprint density at radius 1 is 1.33 bits per heavy atom. The first-order valence-electron chi connectivity index (χ1n) is 7.79. The summed E-state index contributed by atoms with van der Waals surface area (Å²) in [6, 6.07) is 0. The standard InChI is InChI=1S/C18H27NO2/c1-4-12-19(13-5-2)17-9-7-16(8-10-17)14-15(3)6-11-18(20)21/h6-7,9-11,14,16H,4-5,8,12-13H2,1-3H3,(H,20,21)/b11-6+,15-14+. The van der Waals surface area contributed by atoms with Gasteiger partial charge in [-0.3, -0.25) is 0 Å². The Kier molecular flexibility index (Phi) is 7.59. The number of carboxylic acid groups (broad SMARTS) is 1. The van der Waals surface area contributed by atoms with Gasteiger partial charge in [0.05, 0.1) is 0 Å². The normalized spacial score (nSPS) is 18.9. The van der Waals surface area contributed by atoms with Crippen LogP contribution < -0.4 is 0 Å². The van der Waals surface area contributed by atoms with Crippen molar-refractivity contribution in [1.29, 1.82) is 0 Å². The Labute approximate surface area is 128 Å². The van der Waals surface area contributed by atoms with Crippen LogP contribution in [0.2, 0.25) is 0 Å². The summed E-state index contributed by atoms with van der Waals surface area (Å²) >= 11 is 0. The highest BCUT2D eigenvalue weighted by atomic mass is 16.4. The molecular weight excluding hydrogens is 262 g/mol. The predicted octanol–water partition coefficient (Wildman–Crippen LogP) is 4.16. The number of nitrogens with zero attached hydrogens (tertiary/aromatic N) is 1. The summed E-state index contributed by atoms with van der Waals surface area (Å²) in [5.74, 6) is -0.545. The van der Waals surface area contributed by atoms with Gasteiger partial charge in [0.25, 0.3) is 0 Å².